The van der Waals surface area contributed by atoms with Crippen molar-refractivity contribution in [3.63, 3.8) is 0 Å². The van der Waals surface area contributed by atoms with Gasteiger partial charge in [0, 0.05) is 13.0 Å². The summed E-state index contributed by atoms with van der Waals surface area (Å²) < 4.78 is 14.7. The van der Waals surface area contributed by atoms with E-state index in [9.17, 15) is 19.5 Å². The van der Waals surface area contributed by atoms with E-state index < -0.39 is 17.9 Å². The number of benzene rings is 2. The van der Waals surface area contributed by atoms with Crippen molar-refractivity contribution in [1.82, 2.24) is 0 Å². The molecule has 0 bridgehead atoms. The molecule has 27 heavy (non-hydrogen) atoms. The smallest absolute Gasteiger partial charge is 0.339 e. The number of para-hydroxylation sites is 2. The highest BCUT2D eigenvalue weighted by Crippen LogP contribution is 2.24. The van der Waals surface area contributed by atoms with Crippen LogP contribution in [0.2, 0.25) is 0 Å². The molecular formula is C20H20O7. The Balaban J connectivity index is 1.57. The van der Waals surface area contributed by atoms with Gasteiger partial charge in [-0.25, -0.2) is 4.79 Å². The van der Waals surface area contributed by atoms with Gasteiger partial charge in [0.05, 0.1) is 6.42 Å². The number of phenols is 1. The van der Waals surface area contributed by atoms with E-state index in [1.807, 2.05) is 6.07 Å². The topological polar surface area (TPSA) is 99.1 Å². The fraction of sp³-hybridized carbons (Fsp3) is 0.250. The quantitative estimate of drug-likeness (QED) is 0.312. The molecule has 7 heteroatoms. The molecule has 2 rings (SSSR count). The van der Waals surface area contributed by atoms with Gasteiger partial charge in [-0.15, -0.1) is 0 Å². The standard InChI is InChI=1S/C20H20O7/c21-16-9-4-5-10-17(16)26-18(22)11-6-12-25-14-20(24)27-19(23)13-15-7-2-1-3-8-15/h1-5,7-10,21H,6,11-14H2. The van der Waals surface area contributed by atoms with E-state index in [1.165, 1.54) is 12.1 Å². The zero-order chi connectivity index (χ0) is 19.5. The normalized spacial score (nSPS) is 10.2. The number of carbonyl (C=O) groups excluding carboxylic acids is 3. The average Bonchev–Trinajstić information content (AvgIpc) is 2.64. The molecule has 0 saturated carbocycles. The third-order valence-electron chi connectivity index (χ3n) is 3.40. The summed E-state index contributed by atoms with van der Waals surface area (Å²) in [6.45, 7) is -0.257. The van der Waals surface area contributed by atoms with Crippen LogP contribution in [0.4, 0.5) is 0 Å². The summed E-state index contributed by atoms with van der Waals surface area (Å²) >= 11 is 0. The van der Waals surface area contributed by atoms with Crippen LogP contribution in [0, 0.1) is 0 Å². The third kappa shape index (κ3) is 7.70. The maximum Gasteiger partial charge on any atom is 0.339 e. The Kier molecular flexibility index (Phi) is 7.99. The van der Waals surface area contributed by atoms with Gasteiger partial charge < -0.3 is 19.3 Å². The fourth-order valence-electron chi connectivity index (χ4n) is 2.15. The molecule has 0 aliphatic heterocycles. The Labute approximate surface area is 156 Å². The first kappa shape index (κ1) is 20.1. The van der Waals surface area contributed by atoms with Crippen molar-refractivity contribution in [2.45, 2.75) is 19.3 Å². The molecule has 7 nitrogen and oxygen atoms in total. The second-order valence-corrected chi connectivity index (χ2v) is 5.61. The Hall–Kier alpha value is -3.19. The summed E-state index contributed by atoms with van der Waals surface area (Å²) in [7, 11) is 0. The van der Waals surface area contributed by atoms with E-state index in [1.54, 1.807) is 36.4 Å². The van der Waals surface area contributed by atoms with Gasteiger partial charge in [0.15, 0.2) is 11.5 Å². The lowest BCUT2D eigenvalue weighted by atomic mass is 10.2. The molecule has 2 aromatic carbocycles. The van der Waals surface area contributed by atoms with Crippen molar-refractivity contribution in [3.8, 4) is 11.5 Å². The number of phenolic OH excluding ortho intramolecular Hbond substituents is 1. The number of rotatable bonds is 9. The van der Waals surface area contributed by atoms with Crippen LogP contribution in [0.25, 0.3) is 0 Å². The summed E-state index contributed by atoms with van der Waals surface area (Å²) in [6, 6.07) is 15.1. The molecular weight excluding hydrogens is 352 g/mol. The van der Waals surface area contributed by atoms with E-state index in [0.717, 1.165) is 5.56 Å². The number of carbonyl (C=O) groups is 3. The minimum Gasteiger partial charge on any atom is -0.504 e. The van der Waals surface area contributed by atoms with E-state index >= 15 is 0 Å². The first-order valence-electron chi connectivity index (χ1n) is 8.38. The van der Waals surface area contributed by atoms with Crippen LogP contribution in [-0.4, -0.2) is 36.2 Å². The Morgan fingerprint density at radius 3 is 2.30 bits per heavy atom. The van der Waals surface area contributed by atoms with Gasteiger partial charge in [-0.1, -0.05) is 42.5 Å². The van der Waals surface area contributed by atoms with Crippen LogP contribution in [0.3, 0.4) is 0 Å². The SMILES string of the molecule is O=C(COCCCC(=O)Oc1ccccc1O)OC(=O)Cc1ccccc1. The van der Waals surface area contributed by atoms with E-state index in [2.05, 4.69) is 4.74 Å². The predicted octanol–water partition coefficient (Wildman–Crippen LogP) is 2.41. The molecule has 0 heterocycles. The first-order valence-corrected chi connectivity index (χ1v) is 8.38. The van der Waals surface area contributed by atoms with Gasteiger partial charge in [-0.3, -0.25) is 9.59 Å². The molecule has 0 aromatic heterocycles. The van der Waals surface area contributed by atoms with Crippen LogP contribution in [0.1, 0.15) is 18.4 Å². The largest absolute Gasteiger partial charge is 0.504 e. The average molecular weight is 372 g/mol. The molecule has 1 N–H and O–H groups in total. The number of esters is 3. The molecule has 0 fully saturated rings. The van der Waals surface area contributed by atoms with Crippen LogP contribution >= 0.6 is 0 Å². The highest BCUT2D eigenvalue weighted by Gasteiger charge is 2.12. The molecule has 0 spiro atoms. The van der Waals surface area contributed by atoms with Crippen molar-refractivity contribution >= 4 is 17.9 Å². The van der Waals surface area contributed by atoms with Gasteiger partial charge in [-0.2, -0.15) is 0 Å². The summed E-state index contributed by atoms with van der Waals surface area (Å²) in [5.74, 6) is -2.00. The van der Waals surface area contributed by atoms with Gasteiger partial charge in [-0.05, 0) is 24.1 Å². The Morgan fingerprint density at radius 2 is 1.56 bits per heavy atom. The zero-order valence-corrected chi connectivity index (χ0v) is 14.6. The van der Waals surface area contributed by atoms with Crippen LogP contribution in [0.15, 0.2) is 54.6 Å². The number of aromatic hydroxyl groups is 1. The lowest BCUT2D eigenvalue weighted by Crippen LogP contribution is -2.19. The summed E-state index contributed by atoms with van der Waals surface area (Å²) in [5, 5.41) is 9.51. The lowest BCUT2D eigenvalue weighted by molar-refractivity contribution is -0.162. The maximum absolute atomic E-state index is 11.7. The van der Waals surface area contributed by atoms with E-state index in [-0.39, 0.29) is 37.6 Å². The molecule has 0 radical (unpaired) electrons. The Morgan fingerprint density at radius 1 is 0.852 bits per heavy atom. The van der Waals surface area contributed by atoms with Crippen molar-refractivity contribution in [2.75, 3.05) is 13.2 Å². The number of hydrogen-bond acceptors (Lipinski definition) is 7. The predicted molar refractivity (Wildman–Crippen MR) is 95.0 cm³/mol. The minimum atomic E-state index is -0.785. The molecule has 0 atom stereocenters. The molecule has 0 unspecified atom stereocenters. The van der Waals surface area contributed by atoms with Gasteiger partial charge in [0.1, 0.15) is 6.61 Å². The number of ether oxygens (including phenoxy) is 3. The van der Waals surface area contributed by atoms with E-state index in [4.69, 9.17) is 9.47 Å². The summed E-state index contributed by atoms with van der Waals surface area (Å²) in [4.78, 5) is 34.8. The van der Waals surface area contributed by atoms with Crippen molar-refractivity contribution in [3.05, 3.63) is 60.2 Å². The Bertz CT molecular complexity index is 771. The lowest BCUT2D eigenvalue weighted by Gasteiger charge is -2.06. The molecule has 0 aliphatic rings. The fourth-order valence-corrected chi connectivity index (χ4v) is 2.15. The van der Waals surface area contributed by atoms with Crippen LogP contribution < -0.4 is 4.74 Å². The zero-order valence-electron chi connectivity index (χ0n) is 14.6. The van der Waals surface area contributed by atoms with Crippen molar-refractivity contribution < 1.29 is 33.7 Å². The van der Waals surface area contributed by atoms with Crippen LogP contribution in [0.5, 0.6) is 11.5 Å². The van der Waals surface area contributed by atoms with Crippen molar-refractivity contribution in [2.24, 2.45) is 0 Å². The highest BCUT2D eigenvalue weighted by molar-refractivity contribution is 5.87. The summed E-state index contributed by atoms with van der Waals surface area (Å²) in [5.41, 5.74) is 0.749. The molecule has 0 aliphatic carbocycles. The molecule has 0 amide bonds. The van der Waals surface area contributed by atoms with E-state index in [0.29, 0.717) is 6.42 Å². The molecule has 0 saturated heterocycles. The molecule has 142 valence electrons. The van der Waals surface area contributed by atoms with Gasteiger partial charge in [0.2, 0.25) is 0 Å². The second-order valence-electron chi connectivity index (χ2n) is 5.61. The first-order chi connectivity index (χ1) is 13.0. The third-order valence-corrected chi connectivity index (χ3v) is 3.40. The van der Waals surface area contributed by atoms with Gasteiger partial charge >= 0.3 is 17.9 Å². The maximum atomic E-state index is 11.7. The minimum absolute atomic E-state index is 0.00471. The molecule has 2 aromatic rings. The van der Waals surface area contributed by atoms with Gasteiger partial charge in [0.25, 0.3) is 0 Å². The van der Waals surface area contributed by atoms with Crippen LogP contribution in [-0.2, 0) is 30.3 Å². The second kappa shape index (κ2) is 10.7. The monoisotopic (exact) mass is 372 g/mol. The number of hydrogen-bond donors (Lipinski definition) is 1. The summed E-state index contributed by atoms with van der Waals surface area (Å²) in [6.07, 6.45) is 0.374. The van der Waals surface area contributed by atoms with Crippen molar-refractivity contribution in [1.29, 1.82) is 0 Å². The highest BCUT2D eigenvalue weighted by atomic mass is 16.6.